The molecular formula is C14H16O3. The van der Waals surface area contributed by atoms with E-state index in [4.69, 9.17) is 0 Å². The van der Waals surface area contributed by atoms with Gasteiger partial charge >= 0.3 is 5.97 Å². The average molecular weight is 232 g/mol. The van der Waals surface area contributed by atoms with Gasteiger partial charge in [-0.05, 0) is 18.4 Å². The summed E-state index contributed by atoms with van der Waals surface area (Å²) in [5.74, 6) is -0.332. The fourth-order valence-electron chi connectivity index (χ4n) is 2.06. The first-order chi connectivity index (χ1) is 8.22. The first-order valence-corrected chi connectivity index (χ1v) is 5.87. The van der Waals surface area contributed by atoms with Gasteiger partial charge in [0.1, 0.15) is 5.78 Å². The van der Waals surface area contributed by atoms with Crippen LogP contribution in [0.15, 0.2) is 30.3 Å². The van der Waals surface area contributed by atoms with Crippen LogP contribution in [0.25, 0.3) is 0 Å². The Labute approximate surface area is 101 Å². The molecule has 1 fully saturated rings. The lowest BCUT2D eigenvalue weighted by molar-refractivity contribution is -0.143. The van der Waals surface area contributed by atoms with Gasteiger partial charge in [-0.2, -0.15) is 0 Å². The van der Waals surface area contributed by atoms with Crippen LogP contribution in [-0.4, -0.2) is 18.9 Å². The number of hydrogen-bond donors (Lipinski definition) is 0. The topological polar surface area (TPSA) is 43.4 Å². The van der Waals surface area contributed by atoms with Crippen LogP contribution in [0.2, 0.25) is 0 Å². The fourth-order valence-corrected chi connectivity index (χ4v) is 2.06. The van der Waals surface area contributed by atoms with Crippen molar-refractivity contribution < 1.29 is 14.3 Å². The Morgan fingerprint density at radius 1 is 1.24 bits per heavy atom. The van der Waals surface area contributed by atoms with Crippen molar-refractivity contribution in [3.8, 4) is 0 Å². The summed E-state index contributed by atoms with van der Waals surface area (Å²) in [7, 11) is 1.37. The number of hydrogen-bond acceptors (Lipinski definition) is 3. The molecule has 1 saturated carbocycles. The van der Waals surface area contributed by atoms with E-state index in [-0.39, 0.29) is 23.6 Å². The predicted molar refractivity (Wildman–Crippen MR) is 63.4 cm³/mol. The van der Waals surface area contributed by atoms with Gasteiger partial charge in [-0.3, -0.25) is 9.59 Å². The second-order valence-electron chi connectivity index (χ2n) is 4.42. The normalized spacial score (nSPS) is 21.9. The highest BCUT2D eigenvalue weighted by atomic mass is 16.5. The smallest absolute Gasteiger partial charge is 0.309 e. The number of rotatable bonds is 5. The molecule has 0 spiro atoms. The number of carbonyl (C=O) groups excluding carboxylic acids is 2. The van der Waals surface area contributed by atoms with Crippen LogP contribution in [0.4, 0.5) is 0 Å². The van der Waals surface area contributed by atoms with Gasteiger partial charge in [0.05, 0.1) is 13.0 Å². The molecule has 0 heterocycles. The minimum absolute atomic E-state index is 0.0915. The van der Waals surface area contributed by atoms with E-state index in [0.717, 1.165) is 12.0 Å². The van der Waals surface area contributed by atoms with Crippen molar-refractivity contribution in [1.82, 2.24) is 0 Å². The van der Waals surface area contributed by atoms with E-state index in [2.05, 4.69) is 4.74 Å². The van der Waals surface area contributed by atoms with E-state index >= 15 is 0 Å². The number of carbonyl (C=O) groups is 2. The molecular weight excluding hydrogens is 216 g/mol. The summed E-state index contributed by atoms with van der Waals surface area (Å²) in [4.78, 5) is 23.0. The number of esters is 1. The van der Waals surface area contributed by atoms with Gasteiger partial charge < -0.3 is 4.74 Å². The quantitative estimate of drug-likeness (QED) is 0.729. The van der Waals surface area contributed by atoms with Crippen molar-refractivity contribution >= 4 is 11.8 Å². The zero-order valence-corrected chi connectivity index (χ0v) is 9.89. The SMILES string of the molecule is COC(=O)[C@@H]1CC1C(=O)CCc1ccccc1. The maximum absolute atomic E-state index is 11.8. The molecule has 17 heavy (non-hydrogen) atoms. The van der Waals surface area contributed by atoms with E-state index in [1.807, 2.05) is 30.3 Å². The summed E-state index contributed by atoms with van der Waals surface area (Å²) >= 11 is 0. The number of methoxy groups -OCH3 is 1. The van der Waals surface area contributed by atoms with E-state index in [0.29, 0.717) is 12.8 Å². The third kappa shape index (κ3) is 2.93. The monoisotopic (exact) mass is 232 g/mol. The highest BCUT2D eigenvalue weighted by Gasteiger charge is 2.48. The van der Waals surface area contributed by atoms with Crippen molar-refractivity contribution in [3.63, 3.8) is 0 Å². The van der Waals surface area contributed by atoms with Crippen molar-refractivity contribution in [2.24, 2.45) is 11.8 Å². The highest BCUT2D eigenvalue weighted by Crippen LogP contribution is 2.40. The van der Waals surface area contributed by atoms with Crippen LogP contribution in [0.5, 0.6) is 0 Å². The average Bonchev–Trinajstić information content (AvgIpc) is 3.16. The van der Waals surface area contributed by atoms with Crippen LogP contribution in [0.1, 0.15) is 18.4 Å². The Hall–Kier alpha value is -1.64. The molecule has 1 aromatic carbocycles. The van der Waals surface area contributed by atoms with Gasteiger partial charge in [0, 0.05) is 12.3 Å². The fraction of sp³-hybridized carbons (Fsp3) is 0.429. The Bertz CT molecular complexity index is 411. The minimum atomic E-state index is -0.247. The Morgan fingerprint density at radius 2 is 1.94 bits per heavy atom. The van der Waals surface area contributed by atoms with Gasteiger partial charge in [0.25, 0.3) is 0 Å². The first-order valence-electron chi connectivity index (χ1n) is 5.87. The molecule has 0 saturated heterocycles. The molecule has 0 bridgehead atoms. The van der Waals surface area contributed by atoms with Crippen molar-refractivity contribution in [2.45, 2.75) is 19.3 Å². The molecule has 0 radical (unpaired) electrons. The van der Waals surface area contributed by atoms with E-state index in [9.17, 15) is 9.59 Å². The van der Waals surface area contributed by atoms with Crippen LogP contribution in [0.3, 0.4) is 0 Å². The molecule has 0 amide bonds. The molecule has 3 nitrogen and oxygen atoms in total. The van der Waals surface area contributed by atoms with Crippen molar-refractivity contribution in [3.05, 3.63) is 35.9 Å². The van der Waals surface area contributed by atoms with E-state index in [1.54, 1.807) is 0 Å². The van der Waals surface area contributed by atoms with Gasteiger partial charge in [0.2, 0.25) is 0 Å². The molecule has 0 aromatic heterocycles. The van der Waals surface area contributed by atoms with Crippen LogP contribution >= 0.6 is 0 Å². The van der Waals surface area contributed by atoms with Crippen molar-refractivity contribution in [1.29, 1.82) is 0 Å². The lowest BCUT2D eigenvalue weighted by Gasteiger charge is -2.00. The standard InChI is InChI=1S/C14H16O3/c1-17-14(16)12-9-11(12)13(15)8-7-10-5-3-2-4-6-10/h2-6,11-12H,7-9H2,1H3/t11?,12-/m1/s1. The van der Waals surface area contributed by atoms with Gasteiger partial charge in [-0.15, -0.1) is 0 Å². The Balaban J connectivity index is 1.78. The molecule has 0 aliphatic heterocycles. The molecule has 1 aliphatic carbocycles. The Morgan fingerprint density at radius 3 is 2.59 bits per heavy atom. The maximum Gasteiger partial charge on any atom is 0.309 e. The highest BCUT2D eigenvalue weighted by molar-refractivity contribution is 5.91. The summed E-state index contributed by atoms with van der Waals surface area (Å²) in [6, 6.07) is 9.91. The number of aryl methyl sites for hydroxylation is 1. The second-order valence-corrected chi connectivity index (χ2v) is 4.42. The largest absolute Gasteiger partial charge is 0.469 e. The van der Waals surface area contributed by atoms with Crippen LogP contribution < -0.4 is 0 Å². The summed E-state index contributed by atoms with van der Waals surface area (Å²) < 4.78 is 4.63. The van der Waals surface area contributed by atoms with Gasteiger partial charge in [-0.1, -0.05) is 30.3 Å². The van der Waals surface area contributed by atoms with E-state index < -0.39 is 0 Å². The lowest BCUT2D eigenvalue weighted by Crippen LogP contribution is -2.10. The van der Waals surface area contributed by atoms with Crippen LogP contribution in [0, 0.1) is 11.8 Å². The predicted octanol–water partition coefficient (Wildman–Crippen LogP) is 2.00. The first kappa shape index (κ1) is 11.8. The summed E-state index contributed by atoms with van der Waals surface area (Å²) in [6.45, 7) is 0. The minimum Gasteiger partial charge on any atom is -0.469 e. The van der Waals surface area contributed by atoms with Crippen LogP contribution in [-0.2, 0) is 20.7 Å². The molecule has 90 valence electrons. The van der Waals surface area contributed by atoms with E-state index in [1.165, 1.54) is 7.11 Å². The molecule has 1 unspecified atom stereocenters. The number of ether oxygens (including phenoxy) is 1. The third-order valence-electron chi connectivity index (χ3n) is 3.21. The molecule has 1 aromatic rings. The van der Waals surface area contributed by atoms with Gasteiger partial charge in [0.15, 0.2) is 0 Å². The number of Topliss-reactive ketones (excluding diaryl/α,β-unsaturated/α-hetero) is 1. The summed E-state index contributed by atoms with van der Waals surface area (Å²) in [6.07, 6.45) is 1.94. The summed E-state index contributed by atoms with van der Waals surface area (Å²) in [5, 5.41) is 0. The third-order valence-corrected chi connectivity index (χ3v) is 3.21. The number of benzene rings is 1. The zero-order chi connectivity index (χ0) is 12.3. The maximum atomic E-state index is 11.8. The second kappa shape index (κ2) is 5.13. The molecule has 2 atom stereocenters. The molecule has 0 N–H and O–H groups in total. The zero-order valence-electron chi connectivity index (χ0n) is 9.89. The van der Waals surface area contributed by atoms with Gasteiger partial charge in [-0.25, -0.2) is 0 Å². The lowest BCUT2D eigenvalue weighted by atomic mass is 10.0. The summed E-state index contributed by atoms with van der Waals surface area (Å²) in [5.41, 5.74) is 1.16. The Kier molecular flexibility index (Phi) is 3.57. The number of ketones is 1. The molecule has 3 heteroatoms. The molecule has 2 rings (SSSR count). The van der Waals surface area contributed by atoms with Crippen molar-refractivity contribution in [2.75, 3.05) is 7.11 Å². The molecule has 1 aliphatic rings.